The van der Waals surface area contributed by atoms with Gasteiger partial charge in [-0.3, -0.25) is 0 Å². The first-order chi connectivity index (χ1) is 15.1. The van der Waals surface area contributed by atoms with Gasteiger partial charge in [0.1, 0.15) is 0 Å². The number of carbonyl (C=O) groups excluding carboxylic acids is 2. The minimum atomic E-state index is -0.436. The molecule has 0 aliphatic rings. The number of aryl methyl sites for hydroxylation is 2. The molecule has 10 heteroatoms. The van der Waals surface area contributed by atoms with Gasteiger partial charge in [-0.25, -0.2) is 18.7 Å². The fraction of sp³-hybridized carbons (Fsp3) is 0.182. The average Bonchev–Trinajstić information content (AvgIpc) is 3.29. The lowest BCUT2D eigenvalue weighted by atomic mass is 10.2. The van der Waals surface area contributed by atoms with Gasteiger partial charge in [-0.05, 0) is 66.2 Å². The van der Waals surface area contributed by atoms with Crippen LogP contribution in [-0.2, 0) is 9.47 Å². The molecule has 2 heterocycles. The lowest BCUT2D eigenvalue weighted by Crippen LogP contribution is -2.12. The molecular formula is C22H20BrCl2N3O4. The summed E-state index contributed by atoms with van der Waals surface area (Å²) < 4.78 is 13.2. The van der Waals surface area contributed by atoms with Crippen molar-refractivity contribution in [2.45, 2.75) is 13.8 Å². The van der Waals surface area contributed by atoms with Crippen LogP contribution in [0.1, 0.15) is 11.4 Å². The van der Waals surface area contributed by atoms with Crippen molar-refractivity contribution in [1.82, 2.24) is 9.13 Å². The number of halogens is 3. The van der Waals surface area contributed by atoms with E-state index in [0.717, 1.165) is 32.1 Å². The third-order valence-corrected chi connectivity index (χ3v) is 6.66. The van der Waals surface area contributed by atoms with E-state index in [2.05, 4.69) is 15.9 Å². The quantitative estimate of drug-likeness (QED) is 0.248. The van der Waals surface area contributed by atoms with E-state index in [0.29, 0.717) is 21.2 Å². The number of carbonyl (C=O) groups is 2. The number of aromatic nitrogens is 2. The molecule has 0 bridgehead atoms. The van der Waals surface area contributed by atoms with Crippen LogP contribution in [0.5, 0.6) is 0 Å². The van der Waals surface area contributed by atoms with Crippen LogP contribution < -0.4 is 5.73 Å². The van der Waals surface area contributed by atoms with Gasteiger partial charge in [0.2, 0.25) is 0 Å². The molecule has 0 aliphatic carbocycles. The molecule has 0 saturated carbocycles. The van der Waals surface area contributed by atoms with E-state index in [1.807, 2.05) is 26.0 Å². The molecule has 2 N–H and O–H groups in total. The molecule has 4 rings (SSSR count). The maximum atomic E-state index is 11.6. The number of rotatable bonds is 0. The molecule has 0 saturated heterocycles. The van der Waals surface area contributed by atoms with Crippen LogP contribution in [0.25, 0.3) is 21.8 Å². The highest BCUT2D eigenvalue weighted by Crippen LogP contribution is 2.33. The Morgan fingerprint density at radius 2 is 1.28 bits per heavy atom. The van der Waals surface area contributed by atoms with Crippen molar-refractivity contribution in [2.24, 2.45) is 0 Å². The molecule has 7 nitrogen and oxygen atoms in total. The van der Waals surface area contributed by atoms with Crippen LogP contribution in [0.4, 0.5) is 15.3 Å². The van der Waals surface area contributed by atoms with Crippen LogP contribution in [0.15, 0.2) is 40.9 Å². The zero-order valence-corrected chi connectivity index (χ0v) is 20.8. The Morgan fingerprint density at radius 1 is 0.844 bits per heavy atom. The van der Waals surface area contributed by atoms with Gasteiger partial charge in [-0.15, -0.1) is 0 Å². The molecule has 0 fully saturated rings. The highest BCUT2D eigenvalue weighted by molar-refractivity contribution is 9.10. The lowest BCUT2D eigenvalue weighted by molar-refractivity contribution is 0.172. The van der Waals surface area contributed by atoms with E-state index in [4.69, 9.17) is 38.4 Å². The van der Waals surface area contributed by atoms with Crippen molar-refractivity contribution in [1.29, 1.82) is 0 Å². The number of hydrogen-bond donors (Lipinski definition) is 1. The Morgan fingerprint density at radius 3 is 1.78 bits per heavy atom. The van der Waals surface area contributed by atoms with Crippen molar-refractivity contribution < 1.29 is 19.1 Å². The number of nitrogen functional groups attached to an aromatic ring is 1. The predicted molar refractivity (Wildman–Crippen MR) is 131 cm³/mol. The SMILES string of the molecule is COC(=O)n1c(C)cc2c(Br)c(Cl)ccc21.COC(=O)n1c(C)cc2c(N)c(Cl)ccc21. The molecule has 4 aromatic rings. The summed E-state index contributed by atoms with van der Waals surface area (Å²) in [6, 6.07) is 10.7. The minimum absolute atomic E-state index is 0.401. The summed E-state index contributed by atoms with van der Waals surface area (Å²) in [5.74, 6) is 0. The number of methoxy groups -OCH3 is 2. The van der Waals surface area contributed by atoms with Crippen molar-refractivity contribution >= 4 is 78.8 Å². The number of nitrogens with zero attached hydrogens (tertiary/aromatic N) is 2. The van der Waals surface area contributed by atoms with Gasteiger partial charge in [-0.2, -0.15) is 0 Å². The molecule has 0 unspecified atom stereocenters. The largest absolute Gasteiger partial charge is 0.452 e. The van der Waals surface area contributed by atoms with Gasteiger partial charge < -0.3 is 15.2 Å². The highest BCUT2D eigenvalue weighted by atomic mass is 79.9. The number of benzene rings is 2. The smallest absolute Gasteiger partial charge is 0.418 e. The fourth-order valence-corrected chi connectivity index (χ4v) is 4.21. The van der Waals surface area contributed by atoms with Crippen molar-refractivity contribution in [3.05, 3.63) is 62.3 Å². The summed E-state index contributed by atoms with van der Waals surface area (Å²) in [6.45, 7) is 3.65. The third-order valence-electron chi connectivity index (χ3n) is 4.93. The van der Waals surface area contributed by atoms with E-state index in [1.165, 1.54) is 23.4 Å². The van der Waals surface area contributed by atoms with E-state index >= 15 is 0 Å². The van der Waals surface area contributed by atoms with Crippen LogP contribution in [-0.4, -0.2) is 35.5 Å². The monoisotopic (exact) mass is 539 g/mol. The molecule has 0 radical (unpaired) electrons. The molecule has 0 amide bonds. The molecular weight excluding hydrogens is 521 g/mol. The van der Waals surface area contributed by atoms with Crippen LogP contribution in [0.2, 0.25) is 10.0 Å². The summed E-state index contributed by atoms with van der Waals surface area (Å²) in [6.07, 6.45) is -0.837. The van der Waals surface area contributed by atoms with Crippen molar-refractivity contribution in [3.8, 4) is 0 Å². The van der Waals surface area contributed by atoms with Crippen molar-refractivity contribution in [2.75, 3.05) is 20.0 Å². The normalized spacial score (nSPS) is 10.7. The summed E-state index contributed by atoms with van der Waals surface area (Å²) in [5.41, 5.74) is 9.37. The van der Waals surface area contributed by atoms with Crippen LogP contribution in [0.3, 0.4) is 0 Å². The lowest BCUT2D eigenvalue weighted by Gasteiger charge is -2.05. The first-order valence-electron chi connectivity index (χ1n) is 9.31. The topological polar surface area (TPSA) is 88.5 Å². The van der Waals surface area contributed by atoms with Gasteiger partial charge in [0.05, 0.1) is 41.0 Å². The van der Waals surface area contributed by atoms with Gasteiger partial charge in [0.25, 0.3) is 0 Å². The van der Waals surface area contributed by atoms with Gasteiger partial charge in [0, 0.05) is 26.6 Å². The molecule has 32 heavy (non-hydrogen) atoms. The summed E-state index contributed by atoms with van der Waals surface area (Å²) in [5, 5.41) is 2.76. The van der Waals surface area contributed by atoms with E-state index in [9.17, 15) is 9.59 Å². The summed E-state index contributed by atoms with van der Waals surface area (Å²) in [4.78, 5) is 23.2. The summed E-state index contributed by atoms with van der Waals surface area (Å²) >= 11 is 15.3. The van der Waals surface area contributed by atoms with Crippen LogP contribution >= 0.6 is 39.1 Å². The molecule has 0 atom stereocenters. The molecule has 2 aromatic carbocycles. The van der Waals surface area contributed by atoms with E-state index in [-0.39, 0.29) is 0 Å². The predicted octanol–water partition coefficient (Wildman–Crippen LogP) is 6.78. The Kier molecular flexibility index (Phi) is 7.07. The fourth-order valence-electron chi connectivity index (χ4n) is 3.43. The Bertz CT molecular complexity index is 1260. The van der Waals surface area contributed by atoms with Crippen LogP contribution in [0, 0.1) is 13.8 Å². The van der Waals surface area contributed by atoms with Gasteiger partial charge >= 0.3 is 12.2 Å². The number of nitrogens with two attached hydrogens (primary N) is 1. The molecule has 2 aromatic heterocycles. The third kappa shape index (κ3) is 4.18. The second kappa shape index (κ2) is 9.44. The first-order valence-corrected chi connectivity index (χ1v) is 10.9. The van der Waals surface area contributed by atoms with E-state index in [1.54, 1.807) is 24.3 Å². The number of ether oxygens (including phenoxy) is 2. The average molecular weight is 541 g/mol. The maximum Gasteiger partial charge on any atom is 0.418 e. The molecule has 0 aliphatic heterocycles. The Balaban J connectivity index is 0.000000181. The number of fused-ring (bicyclic) bond motifs is 2. The Hall–Kier alpha value is -2.68. The second-order valence-corrected chi connectivity index (χ2v) is 8.48. The van der Waals surface area contributed by atoms with Gasteiger partial charge in [-0.1, -0.05) is 23.2 Å². The number of hydrogen-bond acceptors (Lipinski definition) is 5. The van der Waals surface area contributed by atoms with Gasteiger partial charge in [0.15, 0.2) is 0 Å². The second-order valence-electron chi connectivity index (χ2n) is 6.87. The zero-order valence-electron chi connectivity index (χ0n) is 17.7. The molecule has 0 spiro atoms. The highest BCUT2D eigenvalue weighted by Gasteiger charge is 2.16. The van der Waals surface area contributed by atoms with Crippen molar-refractivity contribution in [3.63, 3.8) is 0 Å². The van der Waals surface area contributed by atoms with E-state index < -0.39 is 12.2 Å². The summed E-state index contributed by atoms with van der Waals surface area (Å²) in [7, 11) is 2.70. The molecule has 168 valence electrons. The number of anilines is 1. The minimum Gasteiger partial charge on any atom is -0.452 e. The Labute approximate surface area is 202 Å². The first kappa shape index (κ1) is 24.0. The standard InChI is InChI=1S/C11H9BrClNO2.C11H11ClN2O2/c1-6-5-7-9(14(6)11(15)16-2)4-3-8(13)10(7)12;1-6-5-7-9(14(6)11(15)16-2)4-3-8(12)10(7)13/h3-5H,1-2H3;3-5H,13H2,1-2H3. The maximum absolute atomic E-state index is 11.6. The zero-order chi connectivity index (χ0) is 23.7.